The molecule has 0 aromatic heterocycles. The van der Waals surface area contributed by atoms with Crippen molar-refractivity contribution >= 4 is 17.7 Å². The van der Waals surface area contributed by atoms with E-state index < -0.39 is 12.0 Å². The first-order valence-corrected chi connectivity index (χ1v) is 5.38. The molecule has 0 spiro atoms. The zero-order chi connectivity index (χ0) is 9.40. The Kier molecular flexibility index (Phi) is 7.29. The monoisotopic (exact) mass is 191 g/mol. The Hall–Kier alpha value is -0.220. The maximum absolute atomic E-state index is 10.4. The first-order chi connectivity index (χ1) is 5.68. The van der Waals surface area contributed by atoms with Gasteiger partial charge in [0.15, 0.2) is 0 Å². The quantitative estimate of drug-likeness (QED) is 0.594. The number of hydrogen-bond donors (Lipinski definition) is 2. The summed E-state index contributed by atoms with van der Waals surface area (Å²) in [7, 11) is 0. The highest BCUT2D eigenvalue weighted by Gasteiger charge is 2.07. The van der Waals surface area contributed by atoms with Crippen LogP contribution in [-0.4, -0.2) is 35.2 Å². The summed E-state index contributed by atoms with van der Waals surface area (Å²) in [5.41, 5.74) is 0. The van der Waals surface area contributed by atoms with E-state index in [-0.39, 0.29) is 0 Å². The van der Waals surface area contributed by atoms with Gasteiger partial charge in [0.05, 0.1) is 0 Å². The SMILES string of the molecule is CCSCCCNC(C)C(=O)O. The van der Waals surface area contributed by atoms with Crippen LogP contribution < -0.4 is 5.32 Å². The number of hydrogen-bond acceptors (Lipinski definition) is 3. The second-order valence-corrected chi connectivity index (χ2v) is 3.96. The molecule has 4 heteroatoms. The Bertz CT molecular complexity index is 130. The summed E-state index contributed by atoms with van der Waals surface area (Å²) in [4.78, 5) is 10.4. The fourth-order valence-corrected chi connectivity index (χ4v) is 1.36. The molecule has 12 heavy (non-hydrogen) atoms. The molecule has 0 fully saturated rings. The van der Waals surface area contributed by atoms with Crippen LogP contribution in [0.1, 0.15) is 20.3 Å². The number of carbonyl (C=O) groups is 1. The van der Waals surface area contributed by atoms with E-state index >= 15 is 0 Å². The van der Waals surface area contributed by atoms with E-state index in [1.807, 2.05) is 11.8 Å². The molecular weight excluding hydrogens is 174 g/mol. The maximum Gasteiger partial charge on any atom is 0.320 e. The van der Waals surface area contributed by atoms with Crippen LogP contribution in [-0.2, 0) is 4.79 Å². The van der Waals surface area contributed by atoms with Crippen molar-refractivity contribution in [2.45, 2.75) is 26.3 Å². The molecule has 0 aliphatic carbocycles. The lowest BCUT2D eigenvalue weighted by Crippen LogP contribution is -2.34. The van der Waals surface area contributed by atoms with Gasteiger partial charge in [-0.3, -0.25) is 4.79 Å². The van der Waals surface area contributed by atoms with Crippen LogP contribution in [0.15, 0.2) is 0 Å². The molecule has 0 aliphatic rings. The molecule has 0 rings (SSSR count). The highest BCUT2D eigenvalue weighted by atomic mass is 32.2. The molecule has 0 heterocycles. The largest absolute Gasteiger partial charge is 0.480 e. The van der Waals surface area contributed by atoms with Crippen LogP contribution in [0, 0.1) is 0 Å². The zero-order valence-electron chi connectivity index (χ0n) is 7.67. The van der Waals surface area contributed by atoms with Gasteiger partial charge in [-0.15, -0.1) is 0 Å². The number of thioether (sulfide) groups is 1. The van der Waals surface area contributed by atoms with Gasteiger partial charge in [0.1, 0.15) is 6.04 Å². The molecule has 0 bridgehead atoms. The topological polar surface area (TPSA) is 49.3 Å². The molecule has 1 unspecified atom stereocenters. The number of carboxylic acid groups (broad SMARTS) is 1. The van der Waals surface area contributed by atoms with Crippen molar-refractivity contribution < 1.29 is 9.90 Å². The Morgan fingerprint density at radius 3 is 2.83 bits per heavy atom. The third kappa shape index (κ3) is 6.49. The lowest BCUT2D eigenvalue weighted by Gasteiger charge is -2.07. The Morgan fingerprint density at radius 1 is 1.67 bits per heavy atom. The Labute approximate surface area is 77.9 Å². The molecular formula is C8H17NO2S. The third-order valence-corrected chi connectivity index (χ3v) is 2.48. The normalized spacial score (nSPS) is 12.8. The van der Waals surface area contributed by atoms with E-state index in [9.17, 15) is 4.79 Å². The average Bonchev–Trinajstić information content (AvgIpc) is 2.03. The number of carboxylic acids is 1. The van der Waals surface area contributed by atoms with Crippen LogP contribution in [0.5, 0.6) is 0 Å². The molecule has 0 radical (unpaired) electrons. The van der Waals surface area contributed by atoms with Gasteiger partial charge in [0.25, 0.3) is 0 Å². The van der Waals surface area contributed by atoms with Crippen molar-refractivity contribution in [1.29, 1.82) is 0 Å². The number of rotatable bonds is 7. The van der Waals surface area contributed by atoms with Gasteiger partial charge in [0.2, 0.25) is 0 Å². The fourth-order valence-electron chi connectivity index (χ4n) is 0.724. The summed E-state index contributed by atoms with van der Waals surface area (Å²) in [6.07, 6.45) is 1.04. The zero-order valence-corrected chi connectivity index (χ0v) is 8.49. The molecule has 3 nitrogen and oxygen atoms in total. The van der Waals surface area contributed by atoms with Crippen LogP contribution in [0.4, 0.5) is 0 Å². The van der Waals surface area contributed by atoms with Crippen molar-refractivity contribution in [1.82, 2.24) is 5.32 Å². The fraction of sp³-hybridized carbons (Fsp3) is 0.875. The summed E-state index contributed by atoms with van der Waals surface area (Å²) in [5, 5.41) is 11.4. The van der Waals surface area contributed by atoms with E-state index in [0.717, 1.165) is 24.5 Å². The second kappa shape index (κ2) is 7.43. The summed E-state index contributed by atoms with van der Waals surface area (Å²) in [6.45, 7) is 4.58. The standard InChI is InChI=1S/C8H17NO2S/c1-3-12-6-4-5-9-7(2)8(10)11/h7,9H,3-6H2,1-2H3,(H,10,11). The second-order valence-electron chi connectivity index (χ2n) is 2.56. The van der Waals surface area contributed by atoms with E-state index in [1.165, 1.54) is 0 Å². The van der Waals surface area contributed by atoms with Crippen molar-refractivity contribution in [3.8, 4) is 0 Å². The van der Waals surface area contributed by atoms with Gasteiger partial charge in [-0.05, 0) is 31.4 Å². The lowest BCUT2D eigenvalue weighted by molar-refractivity contribution is -0.138. The molecule has 72 valence electrons. The highest BCUT2D eigenvalue weighted by molar-refractivity contribution is 7.99. The molecule has 0 aromatic rings. The lowest BCUT2D eigenvalue weighted by atomic mass is 10.3. The predicted octanol–water partition coefficient (Wildman–Crippen LogP) is 1.19. The number of nitrogens with one attached hydrogen (secondary N) is 1. The van der Waals surface area contributed by atoms with Gasteiger partial charge < -0.3 is 10.4 Å². The Balaban J connectivity index is 3.14. The number of aliphatic carboxylic acids is 1. The summed E-state index contributed by atoms with van der Waals surface area (Å²) >= 11 is 1.88. The van der Waals surface area contributed by atoms with Gasteiger partial charge in [-0.25, -0.2) is 0 Å². The van der Waals surface area contributed by atoms with Gasteiger partial charge in [0, 0.05) is 0 Å². The summed E-state index contributed by atoms with van der Waals surface area (Å²) in [5.74, 6) is 1.46. The third-order valence-electron chi connectivity index (χ3n) is 1.49. The highest BCUT2D eigenvalue weighted by Crippen LogP contribution is 1.99. The van der Waals surface area contributed by atoms with E-state index in [0.29, 0.717) is 0 Å². The van der Waals surface area contributed by atoms with E-state index in [4.69, 9.17) is 5.11 Å². The first-order valence-electron chi connectivity index (χ1n) is 4.22. The van der Waals surface area contributed by atoms with Crippen molar-refractivity contribution in [3.63, 3.8) is 0 Å². The molecule has 0 saturated heterocycles. The van der Waals surface area contributed by atoms with Crippen LogP contribution in [0.3, 0.4) is 0 Å². The van der Waals surface area contributed by atoms with Gasteiger partial charge in [-0.1, -0.05) is 6.92 Å². The van der Waals surface area contributed by atoms with E-state index in [1.54, 1.807) is 6.92 Å². The predicted molar refractivity (Wildman–Crippen MR) is 52.7 cm³/mol. The van der Waals surface area contributed by atoms with Crippen LogP contribution in [0.25, 0.3) is 0 Å². The first kappa shape index (κ1) is 11.8. The molecule has 0 saturated carbocycles. The average molecular weight is 191 g/mol. The van der Waals surface area contributed by atoms with E-state index in [2.05, 4.69) is 12.2 Å². The Morgan fingerprint density at radius 2 is 2.33 bits per heavy atom. The van der Waals surface area contributed by atoms with Crippen LogP contribution >= 0.6 is 11.8 Å². The van der Waals surface area contributed by atoms with Crippen molar-refractivity contribution in [3.05, 3.63) is 0 Å². The minimum Gasteiger partial charge on any atom is -0.480 e. The molecule has 0 aromatic carbocycles. The minimum atomic E-state index is -0.779. The maximum atomic E-state index is 10.4. The smallest absolute Gasteiger partial charge is 0.320 e. The van der Waals surface area contributed by atoms with Crippen molar-refractivity contribution in [2.75, 3.05) is 18.1 Å². The molecule has 2 N–H and O–H groups in total. The van der Waals surface area contributed by atoms with Gasteiger partial charge in [-0.2, -0.15) is 11.8 Å². The minimum absolute atomic E-state index is 0.420. The van der Waals surface area contributed by atoms with Crippen molar-refractivity contribution in [2.24, 2.45) is 0 Å². The van der Waals surface area contributed by atoms with Gasteiger partial charge >= 0.3 is 5.97 Å². The molecule has 0 amide bonds. The molecule has 0 aliphatic heterocycles. The molecule has 1 atom stereocenters. The summed E-state index contributed by atoms with van der Waals surface area (Å²) in [6, 6.07) is -0.420. The summed E-state index contributed by atoms with van der Waals surface area (Å²) < 4.78 is 0. The van der Waals surface area contributed by atoms with Crippen LogP contribution in [0.2, 0.25) is 0 Å².